The van der Waals surface area contributed by atoms with Crippen LogP contribution in [0.5, 0.6) is 0 Å². The third-order valence-electron chi connectivity index (χ3n) is 6.41. The first-order chi connectivity index (χ1) is 16.8. The zero-order valence-corrected chi connectivity index (χ0v) is 20.0. The zero-order chi connectivity index (χ0) is 24.9. The zero-order valence-electron chi connectivity index (χ0n) is 19.1. The highest BCUT2D eigenvalue weighted by Gasteiger charge is 2.41. The van der Waals surface area contributed by atoms with E-state index in [1.165, 1.54) is 12.1 Å². The van der Waals surface area contributed by atoms with E-state index in [1.54, 1.807) is 12.1 Å². The summed E-state index contributed by atoms with van der Waals surface area (Å²) >= 11 is 0. The van der Waals surface area contributed by atoms with E-state index in [0.717, 1.165) is 24.8 Å². The van der Waals surface area contributed by atoms with Gasteiger partial charge in [-0.05, 0) is 49.1 Å². The maximum absolute atomic E-state index is 13.0. The normalized spacial score (nSPS) is 18.5. The van der Waals surface area contributed by atoms with Gasteiger partial charge < -0.3 is 9.63 Å². The number of aromatic nitrogens is 2. The molecule has 2 N–H and O–H groups in total. The predicted octanol–water partition coefficient (Wildman–Crippen LogP) is 3.50. The summed E-state index contributed by atoms with van der Waals surface area (Å²) < 4.78 is 32.3. The molecule has 10 heteroatoms. The van der Waals surface area contributed by atoms with E-state index in [4.69, 9.17) is 9.63 Å². The first-order valence-corrected chi connectivity index (χ1v) is 13.0. The first kappa shape index (κ1) is 24.7. The van der Waals surface area contributed by atoms with Crippen LogP contribution in [0.25, 0.3) is 11.4 Å². The van der Waals surface area contributed by atoms with Crippen molar-refractivity contribution in [2.75, 3.05) is 6.54 Å². The number of sulfonamides is 1. The van der Waals surface area contributed by atoms with Crippen molar-refractivity contribution in [2.45, 2.75) is 55.3 Å². The number of hydrogen-bond donors (Lipinski definition) is 2. The second kappa shape index (κ2) is 10.5. The molecule has 1 heterocycles. The standard InChI is InChI=1S/C25H27N3O6S/c29-21-8-4-5-15-25(21,19-6-2-1-3-7-19)16-13-22-27-24(28-34-22)18-9-11-20(12-10-18)35(32,33)26-17-14-23(30)31/h1-3,6-7,9-12,26H,4-5,8,13-17H2,(H,30,31). The number of aliphatic carboxylic acids is 1. The summed E-state index contributed by atoms with van der Waals surface area (Å²) in [7, 11) is -3.82. The number of aryl methyl sites for hydroxylation is 1. The Morgan fingerprint density at radius 3 is 2.51 bits per heavy atom. The molecule has 0 bridgehead atoms. The SMILES string of the molecule is O=C(O)CCNS(=O)(=O)c1ccc(-c2noc(CCC3(c4ccccc4)CCCCC3=O)n2)cc1. The average molecular weight is 498 g/mol. The van der Waals surface area contributed by atoms with Crippen LogP contribution in [-0.2, 0) is 31.4 Å². The highest BCUT2D eigenvalue weighted by Crippen LogP contribution is 2.40. The number of carboxylic acids is 1. The summed E-state index contributed by atoms with van der Waals surface area (Å²) in [6.07, 6.45) is 4.01. The molecule has 3 aromatic rings. The van der Waals surface area contributed by atoms with Crippen LogP contribution in [-0.4, -0.2) is 42.0 Å². The monoisotopic (exact) mass is 497 g/mol. The molecule has 9 nitrogen and oxygen atoms in total. The molecule has 1 aliphatic rings. The number of carbonyl (C=O) groups excluding carboxylic acids is 1. The molecule has 184 valence electrons. The Morgan fingerprint density at radius 1 is 1.09 bits per heavy atom. The Labute approximate surface area is 203 Å². The lowest BCUT2D eigenvalue weighted by molar-refractivity contribution is -0.136. The fourth-order valence-electron chi connectivity index (χ4n) is 4.52. The van der Waals surface area contributed by atoms with E-state index in [9.17, 15) is 18.0 Å². The minimum Gasteiger partial charge on any atom is -0.481 e. The molecule has 0 saturated heterocycles. The molecular formula is C25H27N3O6S. The highest BCUT2D eigenvalue weighted by atomic mass is 32.2. The Bertz CT molecular complexity index is 1290. The molecule has 0 amide bonds. The van der Waals surface area contributed by atoms with Gasteiger partial charge in [0.1, 0.15) is 5.78 Å². The first-order valence-electron chi connectivity index (χ1n) is 11.5. The summed E-state index contributed by atoms with van der Waals surface area (Å²) in [6.45, 7) is -0.194. The molecule has 35 heavy (non-hydrogen) atoms. The summed E-state index contributed by atoms with van der Waals surface area (Å²) in [5.41, 5.74) is 1.06. The van der Waals surface area contributed by atoms with Crippen LogP contribution in [0.15, 0.2) is 64.0 Å². The summed E-state index contributed by atoms with van der Waals surface area (Å²) in [5, 5.41) is 12.7. The van der Waals surface area contributed by atoms with Gasteiger partial charge in [0, 0.05) is 24.9 Å². The van der Waals surface area contributed by atoms with Crippen LogP contribution < -0.4 is 4.72 Å². The largest absolute Gasteiger partial charge is 0.481 e. The fourth-order valence-corrected chi connectivity index (χ4v) is 5.55. The van der Waals surface area contributed by atoms with Crippen molar-refractivity contribution in [3.05, 3.63) is 66.1 Å². The van der Waals surface area contributed by atoms with Crippen LogP contribution >= 0.6 is 0 Å². The van der Waals surface area contributed by atoms with Crippen molar-refractivity contribution >= 4 is 21.8 Å². The molecule has 1 aromatic heterocycles. The van der Waals surface area contributed by atoms with Gasteiger partial charge in [-0.25, -0.2) is 13.1 Å². The molecule has 1 saturated carbocycles. The Morgan fingerprint density at radius 2 is 1.83 bits per heavy atom. The van der Waals surface area contributed by atoms with E-state index in [0.29, 0.717) is 36.5 Å². The minimum absolute atomic E-state index is 0.0102. The van der Waals surface area contributed by atoms with Crippen molar-refractivity contribution in [2.24, 2.45) is 0 Å². The van der Waals surface area contributed by atoms with Crippen molar-refractivity contribution in [3.8, 4) is 11.4 Å². The van der Waals surface area contributed by atoms with Crippen molar-refractivity contribution in [1.29, 1.82) is 0 Å². The molecule has 0 spiro atoms. The minimum atomic E-state index is -3.82. The van der Waals surface area contributed by atoms with Crippen molar-refractivity contribution < 1.29 is 27.6 Å². The number of Topliss-reactive ketones (excluding diaryl/α,β-unsaturated/α-hetero) is 1. The third-order valence-corrected chi connectivity index (χ3v) is 7.88. The lowest BCUT2D eigenvalue weighted by Crippen LogP contribution is -2.39. The fraction of sp³-hybridized carbons (Fsp3) is 0.360. The summed E-state index contributed by atoms with van der Waals surface area (Å²) in [4.78, 5) is 28.1. The number of nitrogens with zero attached hydrogens (tertiary/aromatic N) is 2. The Balaban J connectivity index is 1.45. The number of rotatable bonds is 10. The van der Waals surface area contributed by atoms with Crippen molar-refractivity contribution in [1.82, 2.24) is 14.9 Å². The smallest absolute Gasteiger partial charge is 0.304 e. The van der Waals surface area contributed by atoms with Gasteiger partial charge in [-0.3, -0.25) is 9.59 Å². The maximum Gasteiger partial charge on any atom is 0.304 e. The number of nitrogens with one attached hydrogen (secondary N) is 1. The van der Waals surface area contributed by atoms with Crippen LogP contribution in [0.3, 0.4) is 0 Å². The van der Waals surface area contributed by atoms with Gasteiger partial charge in [0.2, 0.25) is 21.7 Å². The van der Waals surface area contributed by atoms with Crippen LogP contribution in [0.2, 0.25) is 0 Å². The lowest BCUT2D eigenvalue weighted by Gasteiger charge is -2.36. The summed E-state index contributed by atoms with van der Waals surface area (Å²) in [5.74, 6) is -0.0887. The van der Waals surface area contributed by atoms with E-state index in [1.807, 2.05) is 30.3 Å². The van der Waals surface area contributed by atoms with Gasteiger partial charge in [0.05, 0.1) is 16.7 Å². The molecule has 1 aliphatic carbocycles. The molecular weight excluding hydrogens is 470 g/mol. The highest BCUT2D eigenvalue weighted by molar-refractivity contribution is 7.89. The molecule has 2 aromatic carbocycles. The van der Waals surface area contributed by atoms with Gasteiger partial charge in [-0.1, -0.05) is 41.9 Å². The van der Waals surface area contributed by atoms with Crippen LogP contribution in [0.1, 0.15) is 50.0 Å². The van der Waals surface area contributed by atoms with E-state index in [-0.39, 0.29) is 23.6 Å². The molecule has 1 unspecified atom stereocenters. The predicted molar refractivity (Wildman–Crippen MR) is 127 cm³/mol. The quantitative estimate of drug-likeness (QED) is 0.434. The van der Waals surface area contributed by atoms with Gasteiger partial charge in [0.15, 0.2) is 0 Å². The topological polar surface area (TPSA) is 139 Å². The number of hydrogen-bond acceptors (Lipinski definition) is 7. The average Bonchev–Trinajstić information content (AvgIpc) is 3.33. The van der Waals surface area contributed by atoms with Crippen LogP contribution in [0.4, 0.5) is 0 Å². The number of carbonyl (C=O) groups is 2. The van der Waals surface area contributed by atoms with Gasteiger partial charge in [-0.15, -0.1) is 0 Å². The molecule has 0 aliphatic heterocycles. The Hall–Kier alpha value is -3.37. The van der Waals surface area contributed by atoms with Crippen LogP contribution in [0, 0.1) is 0 Å². The maximum atomic E-state index is 13.0. The Kier molecular flexibility index (Phi) is 7.42. The summed E-state index contributed by atoms with van der Waals surface area (Å²) in [6, 6.07) is 15.8. The second-order valence-electron chi connectivity index (χ2n) is 8.66. The number of benzene rings is 2. The lowest BCUT2D eigenvalue weighted by atomic mass is 9.66. The van der Waals surface area contributed by atoms with E-state index >= 15 is 0 Å². The second-order valence-corrected chi connectivity index (χ2v) is 10.4. The third kappa shape index (κ3) is 5.66. The molecule has 4 rings (SSSR count). The molecule has 1 fully saturated rings. The number of carboxylic acid groups (broad SMARTS) is 1. The van der Waals surface area contributed by atoms with Gasteiger partial charge >= 0.3 is 5.97 Å². The molecule has 1 atom stereocenters. The van der Waals surface area contributed by atoms with Gasteiger partial charge in [0.25, 0.3) is 0 Å². The van der Waals surface area contributed by atoms with Crippen molar-refractivity contribution in [3.63, 3.8) is 0 Å². The van der Waals surface area contributed by atoms with E-state index < -0.39 is 21.4 Å². The van der Waals surface area contributed by atoms with E-state index in [2.05, 4.69) is 14.9 Å². The van der Waals surface area contributed by atoms with Gasteiger partial charge in [-0.2, -0.15) is 4.98 Å². The molecule has 0 radical (unpaired) electrons. The number of ketones is 1.